The van der Waals surface area contributed by atoms with Gasteiger partial charge in [-0.1, -0.05) is 6.92 Å². The smallest absolute Gasteiger partial charge is 0.383 e. The SMILES string of the molecule is CCN(CC(F)(F)F)C(C)(CN)COC. The summed E-state index contributed by atoms with van der Waals surface area (Å²) in [6, 6.07) is 0. The molecular weight excluding hydrogens is 209 g/mol. The average Bonchev–Trinajstić information content (AvgIpc) is 2.13. The average molecular weight is 228 g/mol. The van der Waals surface area contributed by atoms with E-state index in [-0.39, 0.29) is 19.7 Å². The molecule has 0 aromatic heterocycles. The van der Waals surface area contributed by atoms with Gasteiger partial charge in [0.2, 0.25) is 0 Å². The third kappa shape index (κ3) is 4.81. The molecule has 0 spiro atoms. The summed E-state index contributed by atoms with van der Waals surface area (Å²) in [5, 5.41) is 0. The molecule has 15 heavy (non-hydrogen) atoms. The summed E-state index contributed by atoms with van der Waals surface area (Å²) in [5.41, 5.74) is 4.73. The molecule has 0 aromatic carbocycles. The zero-order valence-electron chi connectivity index (χ0n) is 9.40. The molecule has 0 aromatic rings. The van der Waals surface area contributed by atoms with Crippen LogP contribution in [0, 0.1) is 0 Å². The predicted molar refractivity (Wildman–Crippen MR) is 52.6 cm³/mol. The molecule has 0 saturated heterocycles. The van der Waals surface area contributed by atoms with Crippen LogP contribution in [0.15, 0.2) is 0 Å². The Hall–Kier alpha value is -0.330. The monoisotopic (exact) mass is 228 g/mol. The predicted octanol–water partition coefficient (Wildman–Crippen LogP) is 1.23. The molecule has 0 aliphatic heterocycles. The number of nitrogens with two attached hydrogens (primary N) is 1. The van der Waals surface area contributed by atoms with E-state index in [1.807, 2.05) is 0 Å². The van der Waals surface area contributed by atoms with Crippen LogP contribution in [0.4, 0.5) is 13.2 Å². The van der Waals surface area contributed by atoms with Crippen molar-refractivity contribution >= 4 is 0 Å². The van der Waals surface area contributed by atoms with Crippen LogP contribution < -0.4 is 5.73 Å². The Balaban J connectivity index is 4.60. The van der Waals surface area contributed by atoms with Gasteiger partial charge in [0.05, 0.1) is 18.7 Å². The van der Waals surface area contributed by atoms with Crippen molar-refractivity contribution in [2.45, 2.75) is 25.6 Å². The van der Waals surface area contributed by atoms with E-state index in [1.165, 1.54) is 12.0 Å². The highest BCUT2D eigenvalue weighted by Gasteiger charge is 2.38. The summed E-state index contributed by atoms with van der Waals surface area (Å²) in [4.78, 5) is 1.29. The van der Waals surface area contributed by atoms with Gasteiger partial charge in [0.25, 0.3) is 0 Å². The van der Waals surface area contributed by atoms with E-state index in [4.69, 9.17) is 10.5 Å². The molecule has 0 heterocycles. The minimum absolute atomic E-state index is 0.130. The summed E-state index contributed by atoms with van der Waals surface area (Å²) < 4.78 is 41.7. The Morgan fingerprint density at radius 2 is 1.87 bits per heavy atom. The van der Waals surface area contributed by atoms with Gasteiger partial charge in [-0.25, -0.2) is 0 Å². The van der Waals surface area contributed by atoms with Crippen molar-refractivity contribution in [2.24, 2.45) is 5.73 Å². The number of nitrogens with zero attached hydrogens (tertiary/aromatic N) is 1. The number of likely N-dealkylation sites (N-methyl/N-ethyl adjacent to an activating group) is 1. The minimum Gasteiger partial charge on any atom is -0.383 e. The van der Waals surface area contributed by atoms with Crippen molar-refractivity contribution in [3.8, 4) is 0 Å². The van der Waals surface area contributed by atoms with Crippen LogP contribution >= 0.6 is 0 Å². The first-order valence-electron chi connectivity index (χ1n) is 4.80. The fourth-order valence-electron chi connectivity index (χ4n) is 1.49. The number of methoxy groups -OCH3 is 1. The Kier molecular flexibility index (Phi) is 5.55. The second-order valence-electron chi connectivity index (χ2n) is 3.76. The van der Waals surface area contributed by atoms with Gasteiger partial charge in [0.15, 0.2) is 0 Å². The molecule has 92 valence electrons. The standard InChI is InChI=1S/C9H19F3N2O/c1-4-14(6-9(10,11)12)8(2,5-13)7-15-3/h4-7,13H2,1-3H3. The van der Waals surface area contributed by atoms with Crippen molar-refractivity contribution in [3.05, 3.63) is 0 Å². The second kappa shape index (κ2) is 5.67. The topological polar surface area (TPSA) is 38.5 Å². The fraction of sp³-hybridized carbons (Fsp3) is 1.00. The maximum Gasteiger partial charge on any atom is 0.401 e. The first kappa shape index (κ1) is 14.7. The summed E-state index contributed by atoms with van der Waals surface area (Å²) >= 11 is 0. The molecule has 0 bridgehead atoms. The van der Waals surface area contributed by atoms with Crippen molar-refractivity contribution in [2.75, 3.05) is 33.4 Å². The Morgan fingerprint density at radius 1 is 1.33 bits per heavy atom. The van der Waals surface area contributed by atoms with Gasteiger partial charge in [-0.3, -0.25) is 4.90 Å². The van der Waals surface area contributed by atoms with Crippen molar-refractivity contribution in [3.63, 3.8) is 0 Å². The van der Waals surface area contributed by atoms with Crippen molar-refractivity contribution in [1.82, 2.24) is 4.90 Å². The summed E-state index contributed by atoms with van der Waals surface area (Å²) in [6.45, 7) is 3.00. The fourth-order valence-corrected chi connectivity index (χ4v) is 1.49. The van der Waals surface area contributed by atoms with Crippen molar-refractivity contribution < 1.29 is 17.9 Å². The molecule has 0 radical (unpaired) electrons. The molecule has 3 nitrogen and oxygen atoms in total. The van der Waals surface area contributed by atoms with Crippen LogP contribution in [0.3, 0.4) is 0 Å². The Bertz CT molecular complexity index is 187. The molecule has 0 rings (SSSR count). The lowest BCUT2D eigenvalue weighted by Crippen LogP contribution is -2.57. The minimum atomic E-state index is -4.21. The van der Waals surface area contributed by atoms with Crippen LogP contribution in [0.2, 0.25) is 0 Å². The van der Waals surface area contributed by atoms with Gasteiger partial charge in [-0.05, 0) is 13.5 Å². The number of ether oxygens (including phenoxy) is 1. The van der Waals surface area contributed by atoms with Gasteiger partial charge in [-0.2, -0.15) is 13.2 Å². The molecule has 1 atom stereocenters. The first-order chi connectivity index (χ1) is 6.79. The molecule has 0 saturated carbocycles. The molecule has 2 N–H and O–H groups in total. The van der Waals surface area contributed by atoms with E-state index in [0.29, 0.717) is 0 Å². The van der Waals surface area contributed by atoms with E-state index < -0.39 is 18.3 Å². The molecule has 0 fully saturated rings. The molecular formula is C9H19F3N2O. The van der Waals surface area contributed by atoms with E-state index in [0.717, 1.165) is 0 Å². The lowest BCUT2D eigenvalue weighted by Gasteiger charge is -2.39. The maximum atomic E-state index is 12.3. The van der Waals surface area contributed by atoms with Gasteiger partial charge in [0.1, 0.15) is 0 Å². The van der Waals surface area contributed by atoms with E-state index in [2.05, 4.69) is 0 Å². The lowest BCUT2D eigenvalue weighted by molar-refractivity contribution is -0.160. The van der Waals surface area contributed by atoms with Gasteiger partial charge in [0, 0.05) is 13.7 Å². The number of hydrogen-bond acceptors (Lipinski definition) is 3. The Labute approximate surface area is 88.4 Å². The van der Waals surface area contributed by atoms with Crippen LogP contribution in [0.5, 0.6) is 0 Å². The number of alkyl halides is 3. The number of halogens is 3. The van der Waals surface area contributed by atoms with E-state index in [9.17, 15) is 13.2 Å². The summed E-state index contributed by atoms with van der Waals surface area (Å²) in [5.74, 6) is 0. The molecule has 0 aliphatic rings. The largest absolute Gasteiger partial charge is 0.401 e. The quantitative estimate of drug-likeness (QED) is 0.743. The third-order valence-electron chi connectivity index (χ3n) is 2.41. The number of hydrogen-bond donors (Lipinski definition) is 1. The first-order valence-corrected chi connectivity index (χ1v) is 4.80. The van der Waals surface area contributed by atoms with Gasteiger partial charge in [-0.15, -0.1) is 0 Å². The second-order valence-corrected chi connectivity index (χ2v) is 3.76. The van der Waals surface area contributed by atoms with E-state index in [1.54, 1.807) is 13.8 Å². The van der Waals surface area contributed by atoms with E-state index >= 15 is 0 Å². The Morgan fingerprint density at radius 3 is 2.13 bits per heavy atom. The third-order valence-corrected chi connectivity index (χ3v) is 2.41. The van der Waals surface area contributed by atoms with Crippen LogP contribution in [-0.4, -0.2) is 50.0 Å². The maximum absolute atomic E-state index is 12.3. The van der Waals surface area contributed by atoms with Crippen LogP contribution in [0.1, 0.15) is 13.8 Å². The highest BCUT2D eigenvalue weighted by atomic mass is 19.4. The van der Waals surface area contributed by atoms with Crippen LogP contribution in [0.25, 0.3) is 0 Å². The summed E-state index contributed by atoms with van der Waals surface area (Å²) in [6.07, 6.45) is -4.21. The van der Waals surface area contributed by atoms with Crippen molar-refractivity contribution in [1.29, 1.82) is 0 Å². The van der Waals surface area contributed by atoms with Gasteiger partial charge < -0.3 is 10.5 Å². The molecule has 0 amide bonds. The molecule has 6 heteroatoms. The lowest BCUT2D eigenvalue weighted by atomic mass is 10.0. The molecule has 1 unspecified atom stereocenters. The number of rotatable bonds is 6. The zero-order valence-corrected chi connectivity index (χ0v) is 9.40. The highest BCUT2D eigenvalue weighted by Crippen LogP contribution is 2.22. The highest BCUT2D eigenvalue weighted by molar-refractivity contribution is 4.87. The summed E-state index contributed by atoms with van der Waals surface area (Å²) in [7, 11) is 1.45. The molecule has 0 aliphatic carbocycles. The zero-order chi connectivity index (χ0) is 12.1. The van der Waals surface area contributed by atoms with Crippen LogP contribution in [-0.2, 0) is 4.74 Å². The van der Waals surface area contributed by atoms with Gasteiger partial charge >= 0.3 is 6.18 Å². The normalized spacial score (nSPS) is 16.8.